The van der Waals surface area contributed by atoms with E-state index < -0.39 is 12.1 Å². The Hall–Kier alpha value is -0.210. The average Bonchev–Trinajstić information content (AvgIpc) is 2.74. The third kappa shape index (κ3) is 24.7. The summed E-state index contributed by atoms with van der Waals surface area (Å²) in [6, 6.07) is 0. The Kier molecular flexibility index (Phi) is 23.6. The molecule has 0 aromatic carbocycles. The zero-order chi connectivity index (χ0) is 25.7. The second kappa shape index (κ2) is 22.3. The van der Waals surface area contributed by atoms with Gasteiger partial charge in [0.2, 0.25) is 0 Å². The maximum absolute atomic E-state index is 12.3. The van der Waals surface area contributed by atoms with Crippen molar-refractivity contribution >= 4 is 0 Å². The van der Waals surface area contributed by atoms with E-state index >= 15 is 0 Å². The fourth-order valence-corrected chi connectivity index (χ4v) is 4.43. The summed E-state index contributed by atoms with van der Waals surface area (Å²) in [5, 5.41) is 0. The van der Waals surface area contributed by atoms with Gasteiger partial charge in [0, 0.05) is 0 Å². The number of halogens is 3. The van der Waals surface area contributed by atoms with Gasteiger partial charge in [-0.05, 0) is 49.4 Å². The van der Waals surface area contributed by atoms with Crippen LogP contribution in [0.15, 0.2) is 0 Å². The highest BCUT2D eigenvalue weighted by Gasteiger charge is 2.41. The maximum Gasteiger partial charge on any atom is 0.391 e. The Morgan fingerprint density at radius 1 is 0.576 bits per heavy atom. The molecule has 0 unspecified atom stereocenters. The van der Waals surface area contributed by atoms with Crippen LogP contribution in [0.3, 0.4) is 0 Å². The zero-order valence-electron chi connectivity index (χ0n) is 23.8. The highest BCUT2D eigenvalue weighted by Crippen LogP contribution is 2.41. The standard InChI is InChI=1S/C11H24.C10H17F3.C9H20/c1-4-5-6-7-8-9-10-11(2)3;1-7(2)8-3-5-9(6-4-8)10(11,12)13;1-4-5-6-7-8-9(2)3/h11H,4-10H2,1-3H3;7-9H,3-6H2,1-2H3;9H,4-8H2,1-3H3. The second-order valence-corrected chi connectivity index (χ2v) is 11.6. The van der Waals surface area contributed by atoms with E-state index in [4.69, 9.17) is 0 Å². The van der Waals surface area contributed by atoms with Gasteiger partial charge in [-0.2, -0.15) is 13.2 Å². The third-order valence-corrected chi connectivity index (χ3v) is 6.95. The van der Waals surface area contributed by atoms with Gasteiger partial charge in [0.15, 0.2) is 0 Å². The van der Waals surface area contributed by atoms with Crippen LogP contribution in [-0.4, -0.2) is 6.18 Å². The van der Waals surface area contributed by atoms with Gasteiger partial charge in [-0.25, -0.2) is 0 Å². The van der Waals surface area contributed by atoms with E-state index in [0.29, 0.717) is 24.7 Å². The van der Waals surface area contributed by atoms with Crippen molar-refractivity contribution in [3.8, 4) is 0 Å². The topological polar surface area (TPSA) is 0 Å². The first-order chi connectivity index (χ1) is 15.4. The van der Waals surface area contributed by atoms with Crippen molar-refractivity contribution in [3.05, 3.63) is 0 Å². The van der Waals surface area contributed by atoms with Crippen LogP contribution in [0, 0.1) is 29.6 Å². The van der Waals surface area contributed by atoms with Crippen molar-refractivity contribution < 1.29 is 13.2 Å². The maximum atomic E-state index is 12.3. The van der Waals surface area contributed by atoms with Gasteiger partial charge in [0.25, 0.3) is 0 Å². The SMILES string of the molecule is CC(C)C1CCC(C(F)(F)F)CC1.CCCCCCC(C)C.CCCCCCCCC(C)C. The normalized spacial score (nSPS) is 18.7. The van der Waals surface area contributed by atoms with E-state index in [-0.39, 0.29) is 0 Å². The fourth-order valence-electron chi connectivity index (χ4n) is 4.43. The summed E-state index contributed by atoms with van der Waals surface area (Å²) in [5.74, 6) is 1.83. The molecule has 202 valence electrons. The number of hydrogen-bond acceptors (Lipinski definition) is 0. The number of hydrogen-bond donors (Lipinski definition) is 0. The van der Waals surface area contributed by atoms with E-state index in [1.807, 2.05) is 0 Å². The molecule has 33 heavy (non-hydrogen) atoms. The molecule has 0 aromatic heterocycles. The smallest absolute Gasteiger partial charge is 0.171 e. The van der Waals surface area contributed by atoms with Crippen LogP contribution in [0.1, 0.15) is 158 Å². The first-order valence-corrected chi connectivity index (χ1v) is 14.5. The quantitative estimate of drug-likeness (QED) is 0.231. The first-order valence-electron chi connectivity index (χ1n) is 14.5. The molecule has 1 aliphatic rings. The molecule has 0 heterocycles. The minimum Gasteiger partial charge on any atom is -0.171 e. The number of rotatable bonds is 13. The van der Waals surface area contributed by atoms with Crippen molar-refractivity contribution in [2.24, 2.45) is 29.6 Å². The monoisotopic (exact) mass is 478 g/mol. The van der Waals surface area contributed by atoms with E-state index in [1.165, 1.54) is 77.0 Å². The Labute approximate surface area is 207 Å². The summed E-state index contributed by atoms with van der Waals surface area (Å²) in [7, 11) is 0. The van der Waals surface area contributed by atoms with E-state index in [9.17, 15) is 13.2 Å². The second-order valence-electron chi connectivity index (χ2n) is 11.6. The minimum atomic E-state index is -3.96. The van der Waals surface area contributed by atoms with Gasteiger partial charge in [-0.15, -0.1) is 0 Å². The molecule has 1 rings (SSSR count). The number of unbranched alkanes of at least 4 members (excludes halogenated alkanes) is 8. The third-order valence-electron chi connectivity index (χ3n) is 6.95. The molecule has 0 radical (unpaired) electrons. The molecule has 1 fully saturated rings. The molecule has 3 heteroatoms. The molecule has 0 bridgehead atoms. The average molecular weight is 479 g/mol. The molecule has 1 saturated carbocycles. The van der Waals surface area contributed by atoms with Crippen molar-refractivity contribution in [1.82, 2.24) is 0 Å². The molecule has 0 nitrogen and oxygen atoms in total. The summed E-state index contributed by atoms with van der Waals surface area (Å²) >= 11 is 0. The van der Waals surface area contributed by atoms with Gasteiger partial charge in [-0.1, -0.05) is 132 Å². The van der Waals surface area contributed by atoms with Crippen molar-refractivity contribution in [3.63, 3.8) is 0 Å². The lowest BCUT2D eigenvalue weighted by Crippen LogP contribution is -2.29. The van der Waals surface area contributed by atoms with Gasteiger partial charge in [0.1, 0.15) is 0 Å². The highest BCUT2D eigenvalue weighted by atomic mass is 19.4. The number of alkyl halides is 3. The molecule has 0 aromatic rings. The van der Waals surface area contributed by atoms with Gasteiger partial charge in [0.05, 0.1) is 5.92 Å². The lowest BCUT2D eigenvalue weighted by atomic mass is 9.77. The fraction of sp³-hybridized carbons (Fsp3) is 1.00. The van der Waals surface area contributed by atoms with Crippen LogP contribution in [-0.2, 0) is 0 Å². The van der Waals surface area contributed by atoms with Crippen LogP contribution in [0.2, 0.25) is 0 Å². The van der Waals surface area contributed by atoms with Crippen LogP contribution in [0.4, 0.5) is 13.2 Å². The zero-order valence-corrected chi connectivity index (χ0v) is 23.8. The van der Waals surface area contributed by atoms with Crippen LogP contribution >= 0.6 is 0 Å². The lowest BCUT2D eigenvalue weighted by molar-refractivity contribution is -0.184. The van der Waals surface area contributed by atoms with Crippen LogP contribution in [0.5, 0.6) is 0 Å². The predicted octanol–water partition coefficient (Wildman–Crippen LogP) is 12.0. The molecule has 0 amide bonds. The largest absolute Gasteiger partial charge is 0.391 e. The first kappa shape index (κ1) is 35.0. The molecule has 0 spiro atoms. The van der Waals surface area contributed by atoms with Gasteiger partial charge in [-0.3, -0.25) is 0 Å². The molecule has 0 atom stereocenters. The minimum absolute atomic E-state index is 0.340. The summed E-state index contributed by atoms with van der Waals surface area (Å²) < 4.78 is 36.8. The van der Waals surface area contributed by atoms with Crippen LogP contribution < -0.4 is 0 Å². The molecular formula is C30H61F3. The van der Waals surface area contributed by atoms with E-state index in [0.717, 1.165) is 24.7 Å². The Morgan fingerprint density at radius 2 is 0.939 bits per heavy atom. The van der Waals surface area contributed by atoms with E-state index in [1.54, 1.807) is 0 Å². The van der Waals surface area contributed by atoms with Crippen molar-refractivity contribution in [2.75, 3.05) is 0 Å². The van der Waals surface area contributed by atoms with Gasteiger partial charge >= 0.3 is 6.18 Å². The molecular weight excluding hydrogens is 417 g/mol. The highest BCUT2D eigenvalue weighted by molar-refractivity contribution is 4.78. The van der Waals surface area contributed by atoms with Crippen molar-refractivity contribution in [2.45, 2.75) is 164 Å². The molecule has 1 aliphatic carbocycles. The summed E-state index contributed by atoms with van der Waals surface area (Å²) in [5.41, 5.74) is 0. The molecule has 0 saturated heterocycles. The molecule has 0 aliphatic heterocycles. The lowest BCUT2D eigenvalue weighted by Gasteiger charge is -2.31. The van der Waals surface area contributed by atoms with Crippen molar-refractivity contribution in [1.29, 1.82) is 0 Å². The van der Waals surface area contributed by atoms with Crippen LogP contribution in [0.25, 0.3) is 0 Å². The summed E-state index contributed by atoms with van der Waals surface area (Å²) in [4.78, 5) is 0. The Balaban J connectivity index is 0. The molecule has 0 N–H and O–H groups in total. The Bertz CT molecular complexity index is 376. The van der Waals surface area contributed by atoms with E-state index in [2.05, 4.69) is 55.4 Å². The van der Waals surface area contributed by atoms with Gasteiger partial charge < -0.3 is 0 Å². The Morgan fingerprint density at radius 3 is 1.27 bits per heavy atom. The summed E-state index contributed by atoms with van der Waals surface area (Å²) in [6.07, 6.45) is 15.3. The summed E-state index contributed by atoms with van der Waals surface area (Å²) in [6.45, 7) is 17.9. The predicted molar refractivity (Wildman–Crippen MR) is 143 cm³/mol.